The van der Waals surface area contributed by atoms with Crippen molar-refractivity contribution in [2.75, 3.05) is 6.61 Å². The van der Waals surface area contributed by atoms with Crippen LogP contribution in [0.4, 0.5) is 26.3 Å². The molecule has 1 N–H and O–H groups in total. The summed E-state index contributed by atoms with van der Waals surface area (Å²) in [6.07, 6.45) is -10.3. The maximum atomic E-state index is 13.1. The average molecular weight is 330 g/mol. The lowest BCUT2D eigenvalue weighted by Crippen LogP contribution is -2.42. The highest BCUT2D eigenvalue weighted by atomic mass is 19.4. The molecule has 0 fully saturated rings. The van der Waals surface area contributed by atoms with Crippen LogP contribution < -0.4 is 4.74 Å². The van der Waals surface area contributed by atoms with E-state index in [1.54, 1.807) is 6.92 Å². The van der Waals surface area contributed by atoms with Crippen LogP contribution in [0.2, 0.25) is 0 Å². The molecular weight excluding hydrogens is 314 g/mol. The van der Waals surface area contributed by atoms with Crippen LogP contribution >= 0.6 is 0 Å². The Morgan fingerprint density at radius 3 is 2.05 bits per heavy atom. The third kappa shape index (κ3) is 3.66. The van der Waals surface area contributed by atoms with Gasteiger partial charge in [-0.3, -0.25) is 0 Å². The van der Waals surface area contributed by atoms with Crippen molar-refractivity contribution in [3.63, 3.8) is 0 Å². The van der Waals surface area contributed by atoms with Gasteiger partial charge < -0.3 is 9.84 Å². The molecule has 1 atom stereocenters. The van der Waals surface area contributed by atoms with Crippen LogP contribution in [0, 0.1) is 0 Å². The molecule has 1 rings (SSSR count). The van der Waals surface area contributed by atoms with Crippen LogP contribution in [0.25, 0.3) is 0 Å². The molecule has 0 spiro atoms. The predicted octanol–water partition coefficient (Wildman–Crippen LogP) is 4.65. The zero-order chi connectivity index (χ0) is 17.2. The van der Waals surface area contributed by atoms with Gasteiger partial charge in [0.1, 0.15) is 5.75 Å². The molecule has 1 unspecified atom stereocenters. The lowest BCUT2D eigenvalue weighted by Gasteiger charge is -2.31. The van der Waals surface area contributed by atoms with Gasteiger partial charge in [0.05, 0.1) is 12.2 Å². The van der Waals surface area contributed by atoms with E-state index >= 15 is 0 Å². The van der Waals surface area contributed by atoms with Crippen molar-refractivity contribution in [1.82, 2.24) is 0 Å². The first-order chi connectivity index (χ1) is 9.97. The van der Waals surface area contributed by atoms with Crippen molar-refractivity contribution < 1.29 is 36.2 Å². The number of ether oxygens (including phenoxy) is 1. The van der Waals surface area contributed by atoms with Gasteiger partial charge in [-0.15, -0.1) is 0 Å². The molecule has 0 aliphatic heterocycles. The molecule has 0 aliphatic rings. The van der Waals surface area contributed by atoms with Crippen molar-refractivity contribution >= 4 is 0 Å². The van der Waals surface area contributed by atoms with Gasteiger partial charge in [-0.05, 0) is 31.0 Å². The lowest BCUT2D eigenvalue weighted by atomic mass is 9.88. The normalized spacial score (nSPS) is 15.5. The van der Waals surface area contributed by atoms with Crippen molar-refractivity contribution in [3.05, 3.63) is 29.3 Å². The minimum atomic E-state index is -5.13. The summed E-state index contributed by atoms with van der Waals surface area (Å²) in [5.74, 6) is -0.406. The van der Waals surface area contributed by atoms with Gasteiger partial charge in [-0.25, -0.2) is 0 Å². The maximum Gasteiger partial charge on any atom is 0.421 e. The number of halogens is 6. The summed E-state index contributed by atoms with van der Waals surface area (Å²) < 4.78 is 82.7. The van der Waals surface area contributed by atoms with Crippen molar-refractivity contribution in [2.24, 2.45) is 0 Å². The van der Waals surface area contributed by atoms with E-state index in [2.05, 4.69) is 0 Å². The van der Waals surface area contributed by atoms with Gasteiger partial charge in [0.2, 0.25) is 0 Å². The Kier molecular flexibility index (Phi) is 5.38. The lowest BCUT2D eigenvalue weighted by molar-refractivity contribution is -0.268. The molecule has 0 saturated carbocycles. The van der Waals surface area contributed by atoms with E-state index in [1.807, 2.05) is 0 Å². The second kappa shape index (κ2) is 6.36. The fraction of sp³-hybridized carbons (Fsp3) is 0.571. The Morgan fingerprint density at radius 1 is 1.05 bits per heavy atom. The quantitative estimate of drug-likeness (QED) is 0.796. The molecule has 1 aromatic carbocycles. The predicted molar refractivity (Wildman–Crippen MR) is 67.5 cm³/mol. The smallest absolute Gasteiger partial charge is 0.421 e. The highest BCUT2D eigenvalue weighted by molar-refractivity contribution is 5.43. The van der Waals surface area contributed by atoms with E-state index in [-0.39, 0.29) is 6.61 Å². The first-order valence-electron chi connectivity index (χ1n) is 6.61. The highest BCUT2D eigenvalue weighted by Gasteiger charge is 2.55. The number of benzene rings is 1. The van der Waals surface area contributed by atoms with E-state index in [0.717, 1.165) is 13.0 Å². The molecule has 0 aliphatic carbocycles. The average Bonchev–Trinajstić information content (AvgIpc) is 2.41. The van der Waals surface area contributed by atoms with E-state index in [4.69, 9.17) is 4.74 Å². The first kappa shape index (κ1) is 18.6. The standard InChI is InChI=1S/C14H16F6O2/c1-3-7-22-11-6-5-9(13(15,16)17)8-10(11)12(21,4-2)14(18,19)20/h5-6,8,21H,3-4,7H2,1-2H3. The van der Waals surface area contributed by atoms with Gasteiger partial charge in [0.15, 0.2) is 5.60 Å². The molecule has 22 heavy (non-hydrogen) atoms. The third-order valence-corrected chi connectivity index (χ3v) is 3.19. The van der Waals surface area contributed by atoms with Gasteiger partial charge >= 0.3 is 12.4 Å². The minimum absolute atomic E-state index is 0.0238. The minimum Gasteiger partial charge on any atom is -0.493 e. The van der Waals surface area contributed by atoms with E-state index in [1.165, 1.54) is 0 Å². The van der Waals surface area contributed by atoms with Crippen molar-refractivity contribution in [2.45, 2.75) is 44.6 Å². The fourth-order valence-corrected chi connectivity index (χ4v) is 1.91. The zero-order valence-corrected chi connectivity index (χ0v) is 12.0. The molecule has 0 radical (unpaired) electrons. The molecule has 126 valence electrons. The summed E-state index contributed by atoms with van der Waals surface area (Å²) in [6.45, 7) is 2.76. The number of aliphatic hydroxyl groups is 1. The van der Waals surface area contributed by atoms with E-state index in [0.29, 0.717) is 18.6 Å². The Hall–Kier alpha value is -1.44. The Bertz CT molecular complexity index is 509. The van der Waals surface area contributed by atoms with Crippen LogP contribution in [0.3, 0.4) is 0 Å². The van der Waals surface area contributed by atoms with Gasteiger partial charge in [0.25, 0.3) is 0 Å². The topological polar surface area (TPSA) is 29.5 Å². The molecular formula is C14H16F6O2. The van der Waals surface area contributed by atoms with Crippen LogP contribution in [-0.4, -0.2) is 17.9 Å². The zero-order valence-electron chi connectivity index (χ0n) is 12.0. The van der Waals surface area contributed by atoms with Gasteiger partial charge in [0, 0.05) is 5.56 Å². The number of rotatable bonds is 5. The molecule has 0 heterocycles. The van der Waals surface area contributed by atoms with Crippen molar-refractivity contribution in [3.8, 4) is 5.75 Å². The second-order valence-electron chi connectivity index (χ2n) is 4.77. The summed E-state index contributed by atoms with van der Waals surface area (Å²) in [5, 5.41) is 9.93. The largest absolute Gasteiger partial charge is 0.493 e. The van der Waals surface area contributed by atoms with Crippen molar-refractivity contribution in [1.29, 1.82) is 0 Å². The summed E-state index contributed by atoms with van der Waals surface area (Å²) in [4.78, 5) is 0. The second-order valence-corrected chi connectivity index (χ2v) is 4.77. The number of hydrogen-bond donors (Lipinski definition) is 1. The SMILES string of the molecule is CCCOc1ccc(C(F)(F)F)cc1C(O)(CC)C(F)(F)F. The molecule has 0 amide bonds. The summed E-state index contributed by atoms with van der Waals surface area (Å²) >= 11 is 0. The molecule has 2 nitrogen and oxygen atoms in total. The maximum absolute atomic E-state index is 13.1. The first-order valence-corrected chi connectivity index (χ1v) is 6.61. The van der Waals surface area contributed by atoms with Gasteiger partial charge in [-0.1, -0.05) is 13.8 Å². The van der Waals surface area contributed by atoms with Crippen LogP contribution in [0.5, 0.6) is 5.75 Å². The van der Waals surface area contributed by atoms with Gasteiger partial charge in [-0.2, -0.15) is 26.3 Å². The van der Waals surface area contributed by atoms with Crippen LogP contribution in [0.15, 0.2) is 18.2 Å². The number of hydrogen-bond acceptors (Lipinski definition) is 2. The molecule has 0 aromatic heterocycles. The number of alkyl halides is 6. The summed E-state index contributed by atoms with van der Waals surface area (Å²) in [7, 11) is 0. The monoisotopic (exact) mass is 330 g/mol. The van der Waals surface area contributed by atoms with Crippen LogP contribution in [0.1, 0.15) is 37.8 Å². The molecule has 0 saturated heterocycles. The van der Waals surface area contributed by atoms with E-state index in [9.17, 15) is 31.4 Å². The van der Waals surface area contributed by atoms with E-state index < -0.39 is 41.3 Å². The van der Waals surface area contributed by atoms with Crippen LogP contribution in [-0.2, 0) is 11.8 Å². The highest BCUT2D eigenvalue weighted by Crippen LogP contribution is 2.46. The summed E-state index contributed by atoms with van der Waals surface area (Å²) in [6, 6.07) is 1.73. The molecule has 0 bridgehead atoms. The Morgan fingerprint density at radius 2 is 1.64 bits per heavy atom. The Labute approximate surface area is 123 Å². The fourth-order valence-electron chi connectivity index (χ4n) is 1.91. The third-order valence-electron chi connectivity index (χ3n) is 3.19. The molecule has 8 heteroatoms. The molecule has 1 aromatic rings. The summed E-state index contributed by atoms with van der Waals surface area (Å²) in [5.41, 5.74) is -5.61. The Balaban J connectivity index is 3.51.